The number of rotatable bonds is 4. The first kappa shape index (κ1) is 16.0. The highest BCUT2D eigenvalue weighted by atomic mass is 16.6. The van der Waals surface area contributed by atoms with E-state index in [1.165, 1.54) is 36.4 Å². The summed E-state index contributed by atoms with van der Waals surface area (Å²) in [4.78, 5) is 22.0. The fourth-order valence-electron chi connectivity index (χ4n) is 1.83. The summed E-state index contributed by atoms with van der Waals surface area (Å²) in [6.07, 6.45) is 0. The van der Waals surface area contributed by atoms with Crippen LogP contribution in [-0.4, -0.2) is 26.8 Å². The number of non-ortho nitro benzene ring substituents is 1. The molecule has 0 spiro atoms. The smallest absolute Gasteiger partial charge is 0.271 e. The minimum Gasteiger partial charge on any atom is -0.508 e. The van der Waals surface area contributed by atoms with Crippen molar-refractivity contribution in [3.8, 4) is 11.5 Å². The van der Waals surface area contributed by atoms with Crippen molar-refractivity contribution in [3.63, 3.8) is 0 Å². The zero-order chi connectivity index (χ0) is 17.0. The summed E-state index contributed by atoms with van der Waals surface area (Å²) in [6.45, 7) is 1.57. The predicted molar refractivity (Wildman–Crippen MR) is 82.5 cm³/mol. The van der Waals surface area contributed by atoms with Gasteiger partial charge in [0.25, 0.3) is 11.6 Å². The first-order valence-corrected chi connectivity index (χ1v) is 6.49. The van der Waals surface area contributed by atoms with Crippen molar-refractivity contribution in [1.29, 1.82) is 0 Å². The third-order valence-electron chi connectivity index (χ3n) is 2.96. The highest BCUT2D eigenvalue weighted by molar-refractivity contribution is 6.01. The molecule has 0 aromatic heterocycles. The SMILES string of the molecule is CC(=NNC(=O)c1cccc([N+](=O)[O-])c1)c1cc(O)cc(O)c1. The molecule has 0 aliphatic rings. The second kappa shape index (κ2) is 6.56. The summed E-state index contributed by atoms with van der Waals surface area (Å²) in [7, 11) is 0. The lowest BCUT2D eigenvalue weighted by Gasteiger charge is -2.04. The standard InChI is InChI=1S/C15H13N3O5/c1-9(11-6-13(19)8-14(20)7-11)16-17-15(21)10-3-2-4-12(5-10)18(22)23/h2-8,19-20H,1H3,(H,17,21). The average Bonchev–Trinajstić information content (AvgIpc) is 2.51. The fourth-order valence-corrected chi connectivity index (χ4v) is 1.83. The van der Waals surface area contributed by atoms with Crippen LogP contribution in [-0.2, 0) is 0 Å². The molecule has 8 nitrogen and oxygen atoms in total. The Hall–Kier alpha value is -3.42. The monoisotopic (exact) mass is 315 g/mol. The molecule has 0 unspecified atom stereocenters. The number of hydrogen-bond donors (Lipinski definition) is 3. The summed E-state index contributed by atoms with van der Waals surface area (Å²) >= 11 is 0. The molecule has 0 aliphatic carbocycles. The van der Waals surface area contributed by atoms with Gasteiger partial charge in [0.2, 0.25) is 0 Å². The average molecular weight is 315 g/mol. The van der Waals surface area contributed by atoms with E-state index < -0.39 is 10.8 Å². The van der Waals surface area contributed by atoms with Crippen molar-refractivity contribution in [1.82, 2.24) is 5.43 Å². The summed E-state index contributed by atoms with van der Waals surface area (Å²) < 4.78 is 0. The van der Waals surface area contributed by atoms with E-state index in [4.69, 9.17) is 0 Å². The van der Waals surface area contributed by atoms with Gasteiger partial charge in [-0.05, 0) is 25.1 Å². The van der Waals surface area contributed by atoms with Gasteiger partial charge in [-0.15, -0.1) is 0 Å². The molecule has 0 saturated carbocycles. The topological polar surface area (TPSA) is 125 Å². The van der Waals surface area contributed by atoms with Gasteiger partial charge in [-0.25, -0.2) is 5.43 Å². The summed E-state index contributed by atoms with van der Waals surface area (Å²) in [5.74, 6) is -0.892. The molecule has 2 aromatic rings. The number of hydrazone groups is 1. The number of phenolic OH excluding ortho intramolecular Hbond substituents is 2. The number of benzene rings is 2. The molecule has 2 aromatic carbocycles. The van der Waals surface area contributed by atoms with E-state index in [0.717, 1.165) is 6.07 Å². The Bertz CT molecular complexity index is 781. The highest BCUT2D eigenvalue weighted by Crippen LogP contribution is 2.20. The van der Waals surface area contributed by atoms with Crippen molar-refractivity contribution in [2.75, 3.05) is 0 Å². The maximum absolute atomic E-state index is 11.9. The maximum Gasteiger partial charge on any atom is 0.271 e. The molecule has 1 amide bonds. The molecular weight excluding hydrogens is 302 g/mol. The third-order valence-corrected chi connectivity index (χ3v) is 2.96. The first-order valence-electron chi connectivity index (χ1n) is 6.49. The zero-order valence-corrected chi connectivity index (χ0v) is 12.1. The molecule has 2 rings (SSSR count). The number of nitro groups is 1. The molecule has 0 fully saturated rings. The number of amides is 1. The number of carbonyl (C=O) groups is 1. The van der Waals surface area contributed by atoms with E-state index >= 15 is 0 Å². The number of aromatic hydroxyl groups is 2. The molecule has 0 bridgehead atoms. The van der Waals surface area contributed by atoms with Gasteiger partial charge < -0.3 is 10.2 Å². The van der Waals surface area contributed by atoms with Crippen LogP contribution >= 0.6 is 0 Å². The molecule has 3 N–H and O–H groups in total. The Morgan fingerprint density at radius 2 is 1.78 bits per heavy atom. The third kappa shape index (κ3) is 4.03. The largest absolute Gasteiger partial charge is 0.508 e. The van der Waals surface area contributed by atoms with Crippen LogP contribution < -0.4 is 5.43 Å². The Kier molecular flexibility index (Phi) is 4.55. The predicted octanol–water partition coefficient (Wildman–Crippen LogP) is 2.16. The van der Waals surface area contributed by atoms with E-state index in [2.05, 4.69) is 10.5 Å². The molecule has 0 atom stereocenters. The Labute approximate surface area is 130 Å². The number of nitrogens with one attached hydrogen (secondary N) is 1. The fraction of sp³-hybridized carbons (Fsp3) is 0.0667. The van der Waals surface area contributed by atoms with Gasteiger partial charge in [0.05, 0.1) is 10.6 Å². The molecule has 0 radical (unpaired) electrons. The Morgan fingerprint density at radius 1 is 1.13 bits per heavy atom. The van der Waals surface area contributed by atoms with E-state index in [0.29, 0.717) is 11.3 Å². The molecule has 23 heavy (non-hydrogen) atoms. The number of hydrogen-bond acceptors (Lipinski definition) is 6. The van der Waals surface area contributed by atoms with E-state index in [1.54, 1.807) is 6.92 Å². The van der Waals surface area contributed by atoms with Gasteiger partial charge in [-0.3, -0.25) is 14.9 Å². The van der Waals surface area contributed by atoms with Crippen LogP contribution in [0.3, 0.4) is 0 Å². The van der Waals surface area contributed by atoms with Crippen molar-refractivity contribution < 1.29 is 19.9 Å². The van der Waals surface area contributed by atoms with Crippen LogP contribution in [0.25, 0.3) is 0 Å². The molecule has 0 aliphatic heterocycles. The number of nitrogens with zero attached hydrogens (tertiary/aromatic N) is 2. The quantitative estimate of drug-likeness (QED) is 0.453. The lowest BCUT2D eigenvalue weighted by molar-refractivity contribution is -0.384. The lowest BCUT2D eigenvalue weighted by atomic mass is 10.1. The van der Waals surface area contributed by atoms with Crippen LogP contribution in [0.5, 0.6) is 11.5 Å². The van der Waals surface area contributed by atoms with Gasteiger partial charge in [-0.2, -0.15) is 5.10 Å². The highest BCUT2D eigenvalue weighted by Gasteiger charge is 2.11. The van der Waals surface area contributed by atoms with E-state index in [9.17, 15) is 25.1 Å². The number of phenols is 2. The van der Waals surface area contributed by atoms with E-state index in [-0.39, 0.29) is 22.7 Å². The van der Waals surface area contributed by atoms with Crippen molar-refractivity contribution >= 4 is 17.3 Å². The number of nitro benzene ring substituents is 1. The first-order chi connectivity index (χ1) is 10.9. The van der Waals surface area contributed by atoms with Gasteiger partial charge in [-0.1, -0.05) is 6.07 Å². The number of carbonyl (C=O) groups excluding carboxylic acids is 1. The molecule has 118 valence electrons. The Morgan fingerprint density at radius 3 is 2.39 bits per heavy atom. The van der Waals surface area contributed by atoms with Gasteiger partial charge in [0.15, 0.2) is 0 Å². The lowest BCUT2D eigenvalue weighted by Crippen LogP contribution is -2.19. The molecule has 8 heteroatoms. The van der Waals surface area contributed by atoms with Crippen LogP contribution in [0, 0.1) is 10.1 Å². The van der Waals surface area contributed by atoms with E-state index in [1.807, 2.05) is 0 Å². The van der Waals surface area contributed by atoms with Crippen molar-refractivity contribution in [2.24, 2.45) is 5.10 Å². The summed E-state index contributed by atoms with van der Waals surface area (Å²) in [6, 6.07) is 9.15. The zero-order valence-electron chi connectivity index (χ0n) is 12.1. The van der Waals surface area contributed by atoms with Crippen molar-refractivity contribution in [3.05, 3.63) is 63.7 Å². The summed E-state index contributed by atoms with van der Waals surface area (Å²) in [5.41, 5.74) is 2.92. The minimum absolute atomic E-state index is 0.0921. The second-order valence-corrected chi connectivity index (χ2v) is 4.68. The molecular formula is C15H13N3O5. The van der Waals surface area contributed by atoms with Gasteiger partial charge in [0.1, 0.15) is 11.5 Å². The van der Waals surface area contributed by atoms with Crippen LogP contribution in [0.4, 0.5) is 5.69 Å². The summed E-state index contributed by atoms with van der Waals surface area (Å²) in [5, 5.41) is 33.4. The molecule has 0 saturated heterocycles. The normalized spacial score (nSPS) is 11.1. The minimum atomic E-state index is -0.613. The van der Waals surface area contributed by atoms with Gasteiger partial charge in [0, 0.05) is 29.3 Å². The van der Waals surface area contributed by atoms with Crippen molar-refractivity contribution in [2.45, 2.75) is 6.92 Å². The molecule has 0 heterocycles. The Balaban J connectivity index is 2.17. The van der Waals surface area contributed by atoms with Gasteiger partial charge >= 0.3 is 0 Å². The van der Waals surface area contributed by atoms with Crippen LogP contribution in [0.2, 0.25) is 0 Å². The maximum atomic E-state index is 11.9. The van der Waals surface area contributed by atoms with Crippen LogP contribution in [0.15, 0.2) is 47.6 Å². The second-order valence-electron chi connectivity index (χ2n) is 4.68. The van der Waals surface area contributed by atoms with Crippen LogP contribution in [0.1, 0.15) is 22.8 Å².